The number of fused-ring (bicyclic) bond motifs is 1. The van der Waals surface area contributed by atoms with E-state index in [9.17, 15) is 17.6 Å². The molecule has 178 valence electrons. The Labute approximate surface area is 194 Å². The largest absolute Gasteiger partial charge is 0.466 e. The number of allylic oxidation sites excluding steroid dienone is 1. The number of nitrogens with zero attached hydrogens (tertiary/aromatic N) is 1. The van der Waals surface area contributed by atoms with Gasteiger partial charge in [-0.25, -0.2) is 17.6 Å². The highest BCUT2D eigenvalue weighted by Crippen LogP contribution is 2.43. The van der Waals surface area contributed by atoms with Crippen molar-refractivity contribution in [3.63, 3.8) is 0 Å². The Balaban J connectivity index is 1.64. The summed E-state index contributed by atoms with van der Waals surface area (Å²) in [6.07, 6.45) is 7.02. The number of methoxy groups -OCH3 is 1. The van der Waals surface area contributed by atoms with E-state index in [-0.39, 0.29) is 17.5 Å². The predicted octanol–water partition coefficient (Wildman–Crippen LogP) is 3.45. The standard InChI is InChI=1S/C24H30FN3O4S/c1-15(2)5-4-12-33(30,31)27-20-14-28-21(13-19(20)16-6-7-16)22(24(29)32-3)23(26-28)17-8-10-18(25)11-9-17/h8-11,13-16,21,26-27H,4-7,12H2,1-3H3. The van der Waals surface area contributed by atoms with Crippen LogP contribution in [0.5, 0.6) is 0 Å². The normalized spacial score (nSPS) is 20.3. The first-order chi connectivity index (χ1) is 15.7. The van der Waals surface area contributed by atoms with Crippen LogP contribution in [0.2, 0.25) is 0 Å². The van der Waals surface area contributed by atoms with Gasteiger partial charge in [-0.15, -0.1) is 0 Å². The Hall–Kier alpha value is -2.81. The van der Waals surface area contributed by atoms with E-state index in [1.807, 2.05) is 6.08 Å². The average molecular weight is 476 g/mol. The molecule has 9 heteroatoms. The molecular weight excluding hydrogens is 445 g/mol. The summed E-state index contributed by atoms with van der Waals surface area (Å²) in [6, 6.07) is 5.38. The molecule has 1 atom stereocenters. The van der Waals surface area contributed by atoms with Gasteiger partial charge in [0.15, 0.2) is 0 Å². The number of hydrogen-bond acceptors (Lipinski definition) is 6. The van der Waals surface area contributed by atoms with Crippen LogP contribution in [0, 0.1) is 17.7 Å². The SMILES string of the molecule is COC(=O)C1=C(c2ccc(F)cc2)NN2C=C(NS(=O)(=O)CCCC(C)C)C(C3CC3)=CC12. The molecule has 4 rings (SSSR count). The van der Waals surface area contributed by atoms with Gasteiger partial charge in [0.05, 0.1) is 29.8 Å². The lowest BCUT2D eigenvalue weighted by atomic mass is 9.95. The lowest BCUT2D eigenvalue weighted by molar-refractivity contribution is -0.136. The maximum Gasteiger partial charge on any atom is 0.338 e. The van der Waals surface area contributed by atoms with Crippen LogP contribution in [0.3, 0.4) is 0 Å². The Kier molecular flexibility index (Phi) is 6.52. The fourth-order valence-electron chi connectivity index (χ4n) is 4.20. The molecule has 1 fully saturated rings. The fourth-order valence-corrected chi connectivity index (χ4v) is 5.36. The molecule has 3 aliphatic rings. The van der Waals surface area contributed by atoms with Crippen molar-refractivity contribution in [3.8, 4) is 0 Å². The fraction of sp³-hybridized carbons (Fsp3) is 0.458. The molecule has 2 N–H and O–H groups in total. The zero-order chi connectivity index (χ0) is 23.8. The van der Waals surface area contributed by atoms with E-state index >= 15 is 0 Å². The first kappa shape index (κ1) is 23.4. The maximum atomic E-state index is 13.5. The second kappa shape index (κ2) is 9.21. The number of carbonyl (C=O) groups is 1. The van der Waals surface area contributed by atoms with Gasteiger partial charge in [-0.3, -0.25) is 15.2 Å². The molecule has 2 heterocycles. The number of benzene rings is 1. The minimum Gasteiger partial charge on any atom is -0.466 e. The van der Waals surface area contributed by atoms with Crippen LogP contribution >= 0.6 is 0 Å². The van der Waals surface area contributed by atoms with Gasteiger partial charge in [0.2, 0.25) is 10.0 Å². The smallest absolute Gasteiger partial charge is 0.338 e. The first-order valence-electron chi connectivity index (χ1n) is 11.3. The number of esters is 1. The number of ether oxygens (including phenoxy) is 1. The van der Waals surface area contributed by atoms with Crippen molar-refractivity contribution in [2.24, 2.45) is 11.8 Å². The van der Waals surface area contributed by atoms with Crippen LogP contribution in [0.25, 0.3) is 5.70 Å². The first-order valence-corrected chi connectivity index (χ1v) is 12.9. The summed E-state index contributed by atoms with van der Waals surface area (Å²) in [5, 5.41) is 1.70. The van der Waals surface area contributed by atoms with E-state index in [0.717, 1.165) is 24.8 Å². The van der Waals surface area contributed by atoms with E-state index < -0.39 is 22.0 Å². The van der Waals surface area contributed by atoms with Gasteiger partial charge < -0.3 is 4.74 Å². The van der Waals surface area contributed by atoms with Crippen molar-refractivity contribution < 1.29 is 22.3 Å². The molecule has 1 aromatic rings. The zero-order valence-corrected chi connectivity index (χ0v) is 19.9. The molecule has 0 aromatic heterocycles. The molecule has 0 spiro atoms. The minimum absolute atomic E-state index is 0.0593. The molecule has 1 aliphatic carbocycles. The number of carbonyl (C=O) groups excluding carboxylic acids is 1. The van der Waals surface area contributed by atoms with E-state index in [1.54, 1.807) is 23.3 Å². The molecule has 0 radical (unpaired) electrons. The van der Waals surface area contributed by atoms with Gasteiger partial charge in [-0.1, -0.05) is 13.8 Å². The third-order valence-electron chi connectivity index (χ3n) is 6.04. The molecule has 1 unspecified atom stereocenters. The van der Waals surface area contributed by atoms with Crippen molar-refractivity contribution in [3.05, 3.63) is 64.8 Å². The van der Waals surface area contributed by atoms with Crippen LogP contribution in [-0.4, -0.2) is 38.3 Å². The van der Waals surface area contributed by atoms with E-state index in [1.165, 1.54) is 19.2 Å². The predicted molar refractivity (Wildman–Crippen MR) is 124 cm³/mol. The number of halogens is 1. The van der Waals surface area contributed by atoms with Gasteiger partial charge in [-0.2, -0.15) is 0 Å². The highest BCUT2D eigenvalue weighted by molar-refractivity contribution is 7.89. The van der Waals surface area contributed by atoms with Gasteiger partial charge in [-0.05, 0) is 73.4 Å². The number of sulfonamides is 1. The van der Waals surface area contributed by atoms with Crippen LogP contribution < -0.4 is 10.1 Å². The second-order valence-electron chi connectivity index (χ2n) is 9.15. The molecule has 0 bridgehead atoms. The van der Waals surface area contributed by atoms with Crippen molar-refractivity contribution >= 4 is 21.7 Å². The molecule has 1 aromatic carbocycles. The van der Waals surface area contributed by atoms with Crippen molar-refractivity contribution in [2.45, 2.75) is 45.6 Å². The van der Waals surface area contributed by atoms with Crippen molar-refractivity contribution in [1.29, 1.82) is 0 Å². The Morgan fingerprint density at radius 3 is 2.58 bits per heavy atom. The summed E-state index contributed by atoms with van der Waals surface area (Å²) in [5.41, 5.74) is 6.15. The Morgan fingerprint density at radius 1 is 1.27 bits per heavy atom. The van der Waals surface area contributed by atoms with Crippen molar-refractivity contribution in [1.82, 2.24) is 15.2 Å². The molecule has 0 amide bonds. The van der Waals surface area contributed by atoms with Crippen LogP contribution in [0.1, 0.15) is 45.1 Å². The van der Waals surface area contributed by atoms with E-state index in [0.29, 0.717) is 34.9 Å². The highest BCUT2D eigenvalue weighted by Gasteiger charge is 2.41. The van der Waals surface area contributed by atoms with Gasteiger partial charge >= 0.3 is 5.97 Å². The molecule has 1 saturated carbocycles. The summed E-state index contributed by atoms with van der Waals surface area (Å²) < 4.78 is 46.8. The summed E-state index contributed by atoms with van der Waals surface area (Å²) >= 11 is 0. The second-order valence-corrected chi connectivity index (χ2v) is 11.0. The van der Waals surface area contributed by atoms with Gasteiger partial charge in [0.25, 0.3) is 0 Å². The molecule has 33 heavy (non-hydrogen) atoms. The lowest BCUT2D eigenvalue weighted by Crippen LogP contribution is -2.40. The van der Waals surface area contributed by atoms with E-state index in [4.69, 9.17) is 4.74 Å². The summed E-state index contributed by atoms with van der Waals surface area (Å²) in [5.74, 6) is -0.112. The lowest BCUT2D eigenvalue weighted by Gasteiger charge is -2.30. The van der Waals surface area contributed by atoms with Crippen LogP contribution in [0.15, 0.2) is 53.4 Å². The van der Waals surface area contributed by atoms with Crippen LogP contribution in [0.4, 0.5) is 4.39 Å². The minimum atomic E-state index is -3.51. The van der Waals surface area contributed by atoms with Gasteiger partial charge in [0.1, 0.15) is 11.9 Å². The zero-order valence-electron chi connectivity index (χ0n) is 19.1. The van der Waals surface area contributed by atoms with Crippen LogP contribution in [-0.2, 0) is 19.6 Å². The maximum absolute atomic E-state index is 13.5. The quantitative estimate of drug-likeness (QED) is 0.532. The number of hydrazine groups is 1. The molecule has 2 aliphatic heterocycles. The number of hydrogen-bond donors (Lipinski definition) is 2. The third kappa shape index (κ3) is 5.24. The summed E-state index contributed by atoms with van der Waals surface area (Å²) in [7, 11) is -2.19. The third-order valence-corrected chi connectivity index (χ3v) is 7.39. The van der Waals surface area contributed by atoms with Crippen molar-refractivity contribution in [2.75, 3.05) is 12.9 Å². The van der Waals surface area contributed by atoms with Gasteiger partial charge in [0, 0.05) is 11.8 Å². The average Bonchev–Trinajstić information content (AvgIpc) is 3.53. The summed E-state index contributed by atoms with van der Waals surface area (Å²) in [6.45, 7) is 4.14. The number of rotatable bonds is 9. The monoisotopic (exact) mass is 475 g/mol. The topological polar surface area (TPSA) is 87.7 Å². The Bertz CT molecular complexity index is 1120. The highest BCUT2D eigenvalue weighted by atomic mass is 32.2. The molecule has 7 nitrogen and oxygen atoms in total. The summed E-state index contributed by atoms with van der Waals surface area (Å²) in [4.78, 5) is 12.7. The molecular formula is C24H30FN3O4S. The Morgan fingerprint density at radius 2 is 1.97 bits per heavy atom. The van der Waals surface area contributed by atoms with E-state index in [2.05, 4.69) is 24.0 Å². The molecule has 0 saturated heterocycles. The number of nitrogens with one attached hydrogen (secondary N) is 2.